The molecule has 1 aliphatic carbocycles. The normalized spacial score (nSPS) is 18.9. The molecule has 1 rings (SSSR count). The van der Waals surface area contributed by atoms with Gasteiger partial charge in [0, 0.05) is 6.92 Å². The predicted octanol–water partition coefficient (Wildman–Crippen LogP) is 1.63. The average Bonchev–Trinajstić information content (AvgIpc) is 2.27. The van der Waals surface area contributed by atoms with Gasteiger partial charge in [-0.1, -0.05) is 19.3 Å². The molecular formula is C12H21NO3. The third-order valence-electron chi connectivity index (χ3n) is 3.02. The largest absolute Gasteiger partial charge is 0.464 e. The third kappa shape index (κ3) is 3.83. The van der Waals surface area contributed by atoms with Crippen molar-refractivity contribution in [2.45, 2.75) is 52.0 Å². The van der Waals surface area contributed by atoms with Crippen molar-refractivity contribution in [2.75, 3.05) is 6.61 Å². The van der Waals surface area contributed by atoms with Crippen LogP contribution in [0.25, 0.3) is 0 Å². The third-order valence-corrected chi connectivity index (χ3v) is 3.02. The van der Waals surface area contributed by atoms with E-state index in [2.05, 4.69) is 5.32 Å². The van der Waals surface area contributed by atoms with E-state index in [0.29, 0.717) is 6.61 Å². The topological polar surface area (TPSA) is 55.4 Å². The first kappa shape index (κ1) is 13.0. The smallest absolute Gasteiger partial charge is 0.328 e. The Morgan fingerprint density at radius 3 is 2.44 bits per heavy atom. The minimum absolute atomic E-state index is 0.163. The summed E-state index contributed by atoms with van der Waals surface area (Å²) in [5.74, 6) is -0.204. The monoisotopic (exact) mass is 227 g/mol. The van der Waals surface area contributed by atoms with Crippen molar-refractivity contribution in [3.05, 3.63) is 0 Å². The van der Waals surface area contributed by atoms with Gasteiger partial charge in [-0.3, -0.25) is 4.79 Å². The Balaban J connectivity index is 2.60. The molecule has 0 heterocycles. The van der Waals surface area contributed by atoms with Gasteiger partial charge in [-0.05, 0) is 25.7 Å². The summed E-state index contributed by atoms with van der Waals surface area (Å²) in [7, 11) is 0. The first-order valence-corrected chi connectivity index (χ1v) is 6.09. The second-order valence-electron chi connectivity index (χ2n) is 4.33. The van der Waals surface area contributed by atoms with E-state index in [-0.39, 0.29) is 17.8 Å². The van der Waals surface area contributed by atoms with E-state index in [0.717, 1.165) is 25.7 Å². The van der Waals surface area contributed by atoms with E-state index < -0.39 is 6.04 Å². The van der Waals surface area contributed by atoms with Crippen LogP contribution in [0.15, 0.2) is 0 Å². The van der Waals surface area contributed by atoms with Crippen molar-refractivity contribution in [1.82, 2.24) is 5.32 Å². The van der Waals surface area contributed by atoms with Gasteiger partial charge in [0.15, 0.2) is 0 Å². The molecule has 0 saturated heterocycles. The number of hydrogen-bond acceptors (Lipinski definition) is 3. The van der Waals surface area contributed by atoms with Crippen molar-refractivity contribution in [3.63, 3.8) is 0 Å². The molecule has 4 nitrogen and oxygen atoms in total. The van der Waals surface area contributed by atoms with Crippen LogP contribution in [0.4, 0.5) is 0 Å². The summed E-state index contributed by atoms with van der Waals surface area (Å²) in [6.07, 6.45) is 5.51. The van der Waals surface area contributed by atoms with Gasteiger partial charge >= 0.3 is 5.97 Å². The summed E-state index contributed by atoms with van der Waals surface area (Å²) in [6.45, 7) is 3.58. The lowest BCUT2D eigenvalue weighted by molar-refractivity contribution is -0.149. The van der Waals surface area contributed by atoms with E-state index in [4.69, 9.17) is 4.74 Å². The molecule has 16 heavy (non-hydrogen) atoms. The lowest BCUT2D eigenvalue weighted by Crippen LogP contribution is -2.46. The minimum atomic E-state index is -0.447. The zero-order chi connectivity index (χ0) is 12.0. The van der Waals surface area contributed by atoms with Crippen LogP contribution in [0.5, 0.6) is 0 Å². The molecule has 1 aliphatic rings. The quantitative estimate of drug-likeness (QED) is 0.743. The van der Waals surface area contributed by atoms with Gasteiger partial charge < -0.3 is 10.1 Å². The molecule has 0 aliphatic heterocycles. The predicted molar refractivity (Wildman–Crippen MR) is 60.8 cm³/mol. The highest BCUT2D eigenvalue weighted by Crippen LogP contribution is 2.27. The second-order valence-corrected chi connectivity index (χ2v) is 4.33. The molecule has 0 radical (unpaired) electrons. The van der Waals surface area contributed by atoms with Gasteiger partial charge in [-0.25, -0.2) is 4.79 Å². The molecule has 1 unspecified atom stereocenters. The standard InChI is InChI=1S/C12H21NO3/c1-3-16-12(15)11(13-9(2)14)10-7-5-4-6-8-10/h10-11H,3-8H2,1-2H3,(H,13,14). The highest BCUT2D eigenvalue weighted by molar-refractivity contribution is 5.83. The molecule has 1 fully saturated rings. The van der Waals surface area contributed by atoms with E-state index in [9.17, 15) is 9.59 Å². The second kappa shape index (κ2) is 6.51. The van der Waals surface area contributed by atoms with Crippen molar-refractivity contribution in [3.8, 4) is 0 Å². The maximum Gasteiger partial charge on any atom is 0.328 e. The first-order valence-electron chi connectivity index (χ1n) is 6.09. The molecule has 1 N–H and O–H groups in total. The van der Waals surface area contributed by atoms with Crippen LogP contribution in [0.1, 0.15) is 46.0 Å². The van der Waals surface area contributed by atoms with E-state index in [1.54, 1.807) is 6.92 Å². The van der Waals surface area contributed by atoms with Crippen LogP contribution in [-0.2, 0) is 14.3 Å². The fourth-order valence-corrected chi connectivity index (χ4v) is 2.29. The Morgan fingerprint density at radius 1 is 1.31 bits per heavy atom. The van der Waals surface area contributed by atoms with E-state index in [1.165, 1.54) is 13.3 Å². The lowest BCUT2D eigenvalue weighted by Gasteiger charge is -2.28. The van der Waals surface area contributed by atoms with Crippen LogP contribution in [-0.4, -0.2) is 24.5 Å². The number of rotatable bonds is 4. The zero-order valence-electron chi connectivity index (χ0n) is 10.1. The van der Waals surface area contributed by atoms with Gasteiger partial charge in [0.25, 0.3) is 0 Å². The summed E-state index contributed by atoms with van der Waals surface area (Å²) in [4.78, 5) is 22.8. The average molecular weight is 227 g/mol. The van der Waals surface area contributed by atoms with Crippen molar-refractivity contribution in [1.29, 1.82) is 0 Å². The summed E-state index contributed by atoms with van der Waals surface area (Å²) in [6, 6.07) is -0.447. The molecule has 1 atom stereocenters. The highest BCUT2D eigenvalue weighted by atomic mass is 16.5. The molecule has 0 aromatic rings. The van der Waals surface area contributed by atoms with Crippen LogP contribution >= 0.6 is 0 Å². The Kier molecular flexibility index (Phi) is 5.29. The Bertz CT molecular complexity index is 247. The maximum absolute atomic E-state index is 11.7. The van der Waals surface area contributed by atoms with E-state index in [1.807, 2.05) is 0 Å². The summed E-state index contributed by atoms with van der Waals surface area (Å²) >= 11 is 0. The molecule has 92 valence electrons. The van der Waals surface area contributed by atoms with Gasteiger partial charge in [-0.2, -0.15) is 0 Å². The number of amides is 1. The molecule has 0 bridgehead atoms. The highest BCUT2D eigenvalue weighted by Gasteiger charge is 2.31. The first-order chi connectivity index (χ1) is 7.65. The molecule has 0 spiro atoms. The molecule has 1 amide bonds. The van der Waals surface area contributed by atoms with Gasteiger partial charge in [-0.15, -0.1) is 0 Å². The summed E-state index contributed by atoms with van der Waals surface area (Å²) in [5, 5.41) is 2.72. The van der Waals surface area contributed by atoms with Crippen molar-refractivity contribution in [2.24, 2.45) is 5.92 Å². The summed E-state index contributed by atoms with van der Waals surface area (Å²) in [5.41, 5.74) is 0. The Morgan fingerprint density at radius 2 is 1.94 bits per heavy atom. The van der Waals surface area contributed by atoms with Gasteiger partial charge in [0.1, 0.15) is 6.04 Å². The molecular weight excluding hydrogens is 206 g/mol. The van der Waals surface area contributed by atoms with Crippen molar-refractivity contribution < 1.29 is 14.3 Å². The SMILES string of the molecule is CCOC(=O)C(NC(C)=O)C1CCCCC1. The molecule has 0 aromatic carbocycles. The minimum Gasteiger partial charge on any atom is -0.464 e. The lowest BCUT2D eigenvalue weighted by atomic mass is 9.84. The van der Waals surface area contributed by atoms with Gasteiger partial charge in [0.2, 0.25) is 5.91 Å². The number of esters is 1. The molecule has 4 heteroatoms. The molecule has 1 saturated carbocycles. The zero-order valence-corrected chi connectivity index (χ0v) is 10.1. The van der Waals surface area contributed by atoms with Crippen LogP contribution in [0, 0.1) is 5.92 Å². The maximum atomic E-state index is 11.7. The number of carbonyl (C=O) groups excluding carboxylic acids is 2. The van der Waals surface area contributed by atoms with Crippen molar-refractivity contribution >= 4 is 11.9 Å². The fraction of sp³-hybridized carbons (Fsp3) is 0.833. The van der Waals surface area contributed by atoms with E-state index >= 15 is 0 Å². The van der Waals surface area contributed by atoms with Crippen LogP contribution < -0.4 is 5.32 Å². The Labute approximate surface area is 96.7 Å². The molecule has 0 aromatic heterocycles. The summed E-state index contributed by atoms with van der Waals surface area (Å²) < 4.78 is 5.00. The fourth-order valence-electron chi connectivity index (χ4n) is 2.29. The number of nitrogens with one attached hydrogen (secondary N) is 1. The number of carbonyl (C=O) groups is 2. The van der Waals surface area contributed by atoms with Gasteiger partial charge in [0.05, 0.1) is 6.61 Å². The Hall–Kier alpha value is -1.06. The number of ether oxygens (including phenoxy) is 1. The van der Waals surface area contributed by atoms with Crippen LogP contribution in [0.3, 0.4) is 0 Å². The van der Waals surface area contributed by atoms with Crippen LogP contribution in [0.2, 0.25) is 0 Å². The number of hydrogen-bond donors (Lipinski definition) is 1.